The molecule has 0 N–H and O–H groups in total. The Morgan fingerprint density at radius 2 is 2.07 bits per heavy atom. The fourth-order valence-electron chi connectivity index (χ4n) is 1.97. The third-order valence-electron chi connectivity index (χ3n) is 2.73. The summed E-state index contributed by atoms with van der Waals surface area (Å²) in [5.74, 6) is 0. The number of hydrogen-bond acceptors (Lipinski definition) is 2. The Labute approximate surface area is 86.2 Å². The molecule has 0 aromatic heterocycles. The van der Waals surface area contributed by atoms with Crippen molar-refractivity contribution in [3.8, 4) is 0 Å². The highest BCUT2D eigenvalue weighted by molar-refractivity contribution is 6.30. The molecule has 2 fully saturated rings. The number of fused-ring (bicyclic) bond motifs is 1. The summed E-state index contributed by atoms with van der Waals surface area (Å²) < 4.78 is 4.85. The van der Waals surface area contributed by atoms with Crippen molar-refractivity contribution in [2.75, 3.05) is 6.61 Å². The van der Waals surface area contributed by atoms with Gasteiger partial charge in [-0.15, -0.1) is 0 Å². The van der Waals surface area contributed by atoms with E-state index in [4.69, 9.17) is 16.3 Å². The zero-order valence-electron chi connectivity index (χ0n) is 7.31. The second kappa shape index (κ2) is 2.64. The molecule has 0 saturated carbocycles. The third-order valence-corrected chi connectivity index (χ3v) is 2.98. The van der Waals surface area contributed by atoms with E-state index in [-0.39, 0.29) is 18.2 Å². The van der Waals surface area contributed by atoms with E-state index < -0.39 is 0 Å². The summed E-state index contributed by atoms with van der Waals surface area (Å²) in [4.78, 5) is 12.9. The smallest absolute Gasteiger partial charge is 0.410 e. The van der Waals surface area contributed by atoms with Crippen molar-refractivity contribution in [2.45, 2.75) is 12.1 Å². The molecular weight excluding hydrogens is 202 g/mol. The quantitative estimate of drug-likeness (QED) is 0.664. The third kappa shape index (κ3) is 1.02. The molecular formula is C10H8ClNO2. The van der Waals surface area contributed by atoms with Crippen LogP contribution in [0.1, 0.15) is 11.6 Å². The van der Waals surface area contributed by atoms with Gasteiger partial charge in [-0.05, 0) is 17.7 Å². The molecule has 0 bridgehead atoms. The Bertz CT molecular complexity index is 390. The van der Waals surface area contributed by atoms with Crippen LogP contribution in [0, 0.1) is 0 Å². The lowest BCUT2D eigenvalue weighted by molar-refractivity contribution is 0.155. The Balaban J connectivity index is 1.86. The highest BCUT2D eigenvalue weighted by Crippen LogP contribution is 2.47. The number of nitrogens with zero attached hydrogens (tertiary/aromatic N) is 1. The molecule has 0 unspecified atom stereocenters. The minimum Gasteiger partial charge on any atom is -0.447 e. The number of cyclic esters (lactones) is 1. The highest BCUT2D eigenvalue weighted by atomic mass is 35.5. The predicted octanol–water partition coefficient (Wildman–Crippen LogP) is 2.22. The fourth-order valence-corrected chi connectivity index (χ4v) is 2.10. The van der Waals surface area contributed by atoms with E-state index in [0.29, 0.717) is 6.61 Å². The lowest BCUT2D eigenvalue weighted by Crippen LogP contribution is -2.07. The first-order chi connectivity index (χ1) is 6.77. The lowest BCUT2D eigenvalue weighted by atomic mass is 10.1. The zero-order valence-corrected chi connectivity index (χ0v) is 8.07. The molecule has 2 atom stereocenters. The number of carbonyl (C=O) groups excluding carboxylic acids is 1. The maximum atomic E-state index is 11.1. The van der Waals surface area contributed by atoms with Crippen LogP contribution in [0.25, 0.3) is 0 Å². The second-order valence-electron chi connectivity index (χ2n) is 3.55. The summed E-state index contributed by atoms with van der Waals surface area (Å²) >= 11 is 5.78. The summed E-state index contributed by atoms with van der Waals surface area (Å²) in [5, 5.41) is 0.720. The van der Waals surface area contributed by atoms with Crippen LogP contribution in [0.3, 0.4) is 0 Å². The summed E-state index contributed by atoms with van der Waals surface area (Å²) in [7, 11) is 0. The van der Waals surface area contributed by atoms with Gasteiger partial charge in [-0.3, -0.25) is 4.90 Å². The van der Waals surface area contributed by atoms with Crippen LogP contribution in [0.15, 0.2) is 24.3 Å². The number of benzene rings is 1. The van der Waals surface area contributed by atoms with Crippen molar-refractivity contribution < 1.29 is 9.53 Å². The van der Waals surface area contributed by atoms with Crippen LogP contribution in [-0.4, -0.2) is 23.6 Å². The Kier molecular flexibility index (Phi) is 1.53. The summed E-state index contributed by atoms with van der Waals surface area (Å²) in [6.07, 6.45) is -0.199. The van der Waals surface area contributed by atoms with Crippen LogP contribution in [0.4, 0.5) is 4.79 Å². The molecule has 0 aliphatic carbocycles. The van der Waals surface area contributed by atoms with Gasteiger partial charge in [0.25, 0.3) is 0 Å². The van der Waals surface area contributed by atoms with Gasteiger partial charge >= 0.3 is 6.09 Å². The van der Waals surface area contributed by atoms with Crippen LogP contribution >= 0.6 is 11.6 Å². The molecule has 14 heavy (non-hydrogen) atoms. The van der Waals surface area contributed by atoms with Gasteiger partial charge < -0.3 is 4.74 Å². The minimum absolute atomic E-state index is 0.199. The molecule has 4 heteroatoms. The Morgan fingerprint density at radius 1 is 1.36 bits per heavy atom. The van der Waals surface area contributed by atoms with Crippen molar-refractivity contribution in [1.82, 2.24) is 4.90 Å². The molecule has 2 heterocycles. The molecule has 1 aromatic carbocycles. The van der Waals surface area contributed by atoms with Crippen molar-refractivity contribution in [1.29, 1.82) is 0 Å². The van der Waals surface area contributed by atoms with Gasteiger partial charge in [-0.1, -0.05) is 23.7 Å². The number of ether oxygens (including phenoxy) is 1. The number of halogens is 1. The average molecular weight is 210 g/mol. The van der Waals surface area contributed by atoms with Crippen LogP contribution in [-0.2, 0) is 4.74 Å². The molecule has 3 nitrogen and oxygen atoms in total. The van der Waals surface area contributed by atoms with Gasteiger partial charge in [0.1, 0.15) is 6.61 Å². The molecule has 2 aliphatic rings. The van der Waals surface area contributed by atoms with Crippen molar-refractivity contribution in [3.05, 3.63) is 34.9 Å². The van der Waals surface area contributed by atoms with E-state index in [1.54, 1.807) is 4.90 Å². The Hall–Kier alpha value is -1.22. The first-order valence-corrected chi connectivity index (χ1v) is 4.86. The average Bonchev–Trinajstić information content (AvgIpc) is 2.79. The topological polar surface area (TPSA) is 29.3 Å². The van der Waals surface area contributed by atoms with E-state index in [9.17, 15) is 4.79 Å². The van der Waals surface area contributed by atoms with Gasteiger partial charge in [0.2, 0.25) is 0 Å². The van der Waals surface area contributed by atoms with E-state index in [0.717, 1.165) is 10.6 Å². The van der Waals surface area contributed by atoms with Crippen LogP contribution in [0.2, 0.25) is 5.02 Å². The van der Waals surface area contributed by atoms with Gasteiger partial charge in [0.15, 0.2) is 0 Å². The molecule has 0 radical (unpaired) electrons. The fraction of sp³-hybridized carbons (Fsp3) is 0.300. The summed E-state index contributed by atoms with van der Waals surface area (Å²) in [5.41, 5.74) is 1.14. The van der Waals surface area contributed by atoms with Crippen molar-refractivity contribution in [3.63, 3.8) is 0 Å². The molecule has 2 aliphatic heterocycles. The van der Waals surface area contributed by atoms with E-state index in [1.807, 2.05) is 24.3 Å². The van der Waals surface area contributed by atoms with E-state index >= 15 is 0 Å². The second-order valence-corrected chi connectivity index (χ2v) is 3.98. The number of hydrogen-bond donors (Lipinski definition) is 0. The zero-order chi connectivity index (χ0) is 9.71. The highest BCUT2D eigenvalue weighted by Gasteiger charge is 2.57. The molecule has 1 aromatic rings. The van der Waals surface area contributed by atoms with Gasteiger partial charge in [0.05, 0.1) is 12.1 Å². The molecule has 0 spiro atoms. The maximum absolute atomic E-state index is 11.1. The van der Waals surface area contributed by atoms with Crippen molar-refractivity contribution >= 4 is 17.7 Å². The van der Waals surface area contributed by atoms with Crippen molar-refractivity contribution in [2.24, 2.45) is 0 Å². The standard InChI is InChI=1S/C10H8ClNO2/c11-7-3-1-6(2-4-7)9-8-5-14-10(13)12(8)9/h1-4,8-9H,5H2/t8-,9-,12?/m1/s1. The largest absolute Gasteiger partial charge is 0.447 e. The predicted molar refractivity (Wildman–Crippen MR) is 51.2 cm³/mol. The summed E-state index contributed by atoms with van der Waals surface area (Å²) in [6.45, 7) is 0.520. The van der Waals surface area contributed by atoms with Crippen LogP contribution < -0.4 is 0 Å². The number of amides is 1. The Morgan fingerprint density at radius 3 is 2.64 bits per heavy atom. The molecule has 1 amide bonds. The first kappa shape index (κ1) is 8.12. The van der Waals surface area contributed by atoms with Gasteiger partial charge in [-0.25, -0.2) is 4.79 Å². The first-order valence-electron chi connectivity index (χ1n) is 4.48. The van der Waals surface area contributed by atoms with Gasteiger partial charge in [-0.2, -0.15) is 0 Å². The number of rotatable bonds is 1. The normalized spacial score (nSPS) is 28.6. The van der Waals surface area contributed by atoms with Crippen LogP contribution in [0.5, 0.6) is 0 Å². The van der Waals surface area contributed by atoms with E-state index in [1.165, 1.54) is 0 Å². The molecule has 3 rings (SSSR count). The monoisotopic (exact) mass is 209 g/mol. The summed E-state index contributed by atoms with van der Waals surface area (Å²) in [6, 6.07) is 8.07. The maximum Gasteiger partial charge on any atom is 0.410 e. The lowest BCUT2D eigenvalue weighted by Gasteiger charge is -2.03. The molecule has 2 saturated heterocycles. The van der Waals surface area contributed by atoms with Gasteiger partial charge in [0, 0.05) is 5.02 Å². The molecule has 72 valence electrons. The number of carbonyl (C=O) groups is 1. The SMILES string of the molecule is O=C1OC[C@@H]2[C@@H](c3ccc(Cl)cc3)N12. The minimum atomic E-state index is -0.199. The van der Waals surface area contributed by atoms with E-state index in [2.05, 4.69) is 0 Å².